The zero-order valence-electron chi connectivity index (χ0n) is 9.93. The van der Waals surface area contributed by atoms with Crippen molar-refractivity contribution in [1.29, 1.82) is 0 Å². The first-order valence-corrected chi connectivity index (χ1v) is 6.93. The molecule has 0 amide bonds. The molecule has 0 bridgehead atoms. The van der Waals surface area contributed by atoms with Gasteiger partial charge in [0, 0.05) is 22.4 Å². The van der Waals surface area contributed by atoms with Crippen LogP contribution >= 0.6 is 11.8 Å². The molecule has 90 valence electrons. The lowest BCUT2D eigenvalue weighted by Gasteiger charge is -2.26. The Bertz CT molecular complexity index is 411. The van der Waals surface area contributed by atoms with Crippen LogP contribution in [-0.2, 0) is 0 Å². The maximum Gasteiger partial charge on any atom is 0.0497 e. The Labute approximate surface area is 107 Å². The Kier molecular flexibility index (Phi) is 4.40. The molecule has 17 heavy (non-hydrogen) atoms. The Morgan fingerprint density at radius 1 is 1.35 bits per heavy atom. The highest BCUT2D eigenvalue weighted by molar-refractivity contribution is 8.03. The number of nitrogens with two attached hydrogens (primary N) is 1. The van der Waals surface area contributed by atoms with E-state index >= 15 is 0 Å². The molecular weight excluding hydrogens is 228 g/mol. The smallest absolute Gasteiger partial charge is 0.0497 e. The number of allylic oxidation sites excluding steroid dienone is 2. The molecule has 1 unspecified atom stereocenters. The van der Waals surface area contributed by atoms with Gasteiger partial charge in [0.15, 0.2) is 0 Å². The van der Waals surface area contributed by atoms with Gasteiger partial charge < -0.3 is 5.73 Å². The fourth-order valence-corrected chi connectivity index (χ4v) is 3.33. The lowest BCUT2D eigenvalue weighted by Crippen LogP contribution is -2.10. The predicted octanol–water partition coefficient (Wildman–Crippen LogP) is 3.52. The Morgan fingerprint density at radius 2 is 2.12 bits per heavy atom. The molecule has 1 aliphatic carbocycles. The molecule has 0 spiro atoms. The molecule has 0 saturated heterocycles. The molecule has 2 N–H and O–H groups in total. The largest absolute Gasteiger partial charge is 0.322 e. The van der Waals surface area contributed by atoms with E-state index in [1.165, 1.54) is 23.3 Å². The highest BCUT2D eigenvalue weighted by Crippen LogP contribution is 2.43. The molecule has 1 aromatic rings. The molecular formula is C14H18N2S. The lowest BCUT2D eigenvalue weighted by molar-refractivity contribution is 0.622. The first kappa shape index (κ1) is 12.4. The minimum absolute atomic E-state index is 0.457. The summed E-state index contributed by atoms with van der Waals surface area (Å²) in [6.07, 6.45) is 3.41. The van der Waals surface area contributed by atoms with Crippen molar-refractivity contribution in [2.24, 2.45) is 10.7 Å². The van der Waals surface area contributed by atoms with Crippen LogP contribution in [0.3, 0.4) is 0 Å². The summed E-state index contributed by atoms with van der Waals surface area (Å²) >= 11 is 1.71. The molecule has 0 radical (unpaired) electrons. The van der Waals surface area contributed by atoms with Crippen molar-refractivity contribution in [1.82, 2.24) is 0 Å². The summed E-state index contributed by atoms with van der Waals surface area (Å²) in [5.74, 6) is 1.07. The molecule has 0 fully saturated rings. The highest BCUT2D eigenvalue weighted by Gasteiger charge is 2.24. The average Bonchev–Trinajstić information content (AvgIpc) is 2.40. The van der Waals surface area contributed by atoms with Crippen molar-refractivity contribution < 1.29 is 0 Å². The Hall–Kier alpha value is -1.06. The van der Waals surface area contributed by atoms with Gasteiger partial charge in [0.05, 0.1) is 0 Å². The fourth-order valence-electron chi connectivity index (χ4n) is 2.36. The van der Waals surface area contributed by atoms with Crippen molar-refractivity contribution in [2.75, 3.05) is 5.88 Å². The fraction of sp³-hybridized carbons (Fsp3) is 0.357. The summed E-state index contributed by atoms with van der Waals surface area (Å²) in [5.41, 5.74) is 8.19. The number of aliphatic imine (C=N–C) groups is 1. The second-order valence-corrected chi connectivity index (χ2v) is 5.20. The van der Waals surface area contributed by atoms with Crippen LogP contribution in [0.25, 0.3) is 0 Å². The molecule has 0 aromatic heterocycles. The van der Waals surface area contributed by atoms with E-state index in [-0.39, 0.29) is 0 Å². The molecule has 2 rings (SSSR count). The summed E-state index contributed by atoms with van der Waals surface area (Å²) < 4.78 is 0. The van der Waals surface area contributed by atoms with Gasteiger partial charge in [-0.15, -0.1) is 11.8 Å². The van der Waals surface area contributed by atoms with Crippen LogP contribution in [0.2, 0.25) is 0 Å². The van der Waals surface area contributed by atoms with Gasteiger partial charge in [0.2, 0.25) is 0 Å². The third-order valence-corrected chi connectivity index (χ3v) is 4.14. The third-order valence-electron chi connectivity index (χ3n) is 3.14. The SMILES string of the molecule is C=NC1=C(SCN)C(c2ccccc2)CCC1. The minimum Gasteiger partial charge on any atom is -0.322 e. The van der Waals surface area contributed by atoms with Crippen LogP contribution in [0.1, 0.15) is 30.7 Å². The summed E-state index contributed by atoms with van der Waals surface area (Å²) in [5, 5.41) is 0. The summed E-state index contributed by atoms with van der Waals surface area (Å²) in [6.45, 7) is 3.68. The van der Waals surface area contributed by atoms with Crippen LogP contribution in [0, 0.1) is 0 Å². The molecule has 1 aromatic carbocycles. The summed E-state index contributed by atoms with van der Waals surface area (Å²) in [6, 6.07) is 10.6. The van der Waals surface area contributed by atoms with E-state index in [4.69, 9.17) is 5.73 Å². The number of rotatable bonds is 4. The first-order chi connectivity index (χ1) is 8.36. The van der Waals surface area contributed by atoms with Gasteiger partial charge in [-0.1, -0.05) is 30.3 Å². The van der Waals surface area contributed by atoms with E-state index in [0.717, 1.165) is 12.1 Å². The number of nitrogens with zero attached hydrogens (tertiary/aromatic N) is 1. The number of benzene rings is 1. The van der Waals surface area contributed by atoms with E-state index in [2.05, 4.69) is 42.0 Å². The maximum atomic E-state index is 5.68. The quantitative estimate of drug-likeness (QED) is 0.652. The van der Waals surface area contributed by atoms with Crippen LogP contribution in [0.4, 0.5) is 0 Å². The minimum atomic E-state index is 0.457. The predicted molar refractivity (Wildman–Crippen MR) is 76.3 cm³/mol. The number of hydrogen-bond donors (Lipinski definition) is 1. The number of hydrogen-bond acceptors (Lipinski definition) is 3. The number of thioether (sulfide) groups is 1. The molecule has 0 aliphatic heterocycles. The Balaban J connectivity index is 2.35. The molecule has 0 heterocycles. The van der Waals surface area contributed by atoms with Crippen LogP contribution in [-0.4, -0.2) is 12.6 Å². The summed E-state index contributed by atoms with van der Waals surface area (Å²) in [7, 11) is 0. The van der Waals surface area contributed by atoms with Gasteiger partial charge in [0.25, 0.3) is 0 Å². The molecule has 0 saturated carbocycles. The van der Waals surface area contributed by atoms with E-state index < -0.39 is 0 Å². The molecule has 3 heteroatoms. The van der Waals surface area contributed by atoms with Crippen molar-refractivity contribution in [3.05, 3.63) is 46.5 Å². The lowest BCUT2D eigenvalue weighted by atomic mass is 9.87. The second-order valence-electron chi connectivity index (χ2n) is 4.14. The topological polar surface area (TPSA) is 38.4 Å². The third kappa shape index (κ3) is 2.79. The normalized spacial score (nSPS) is 20.4. The van der Waals surface area contributed by atoms with Crippen LogP contribution in [0.15, 0.2) is 45.9 Å². The van der Waals surface area contributed by atoms with Gasteiger partial charge in [-0.25, -0.2) is 0 Å². The van der Waals surface area contributed by atoms with Crippen molar-refractivity contribution in [2.45, 2.75) is 25.2 Å². The van der Waals surface area contributed by atoms with Crippen molar-refractivity contribution in [3.8, 4) is 0 Å². The van der Waals surface area contributed by atoms with Crippen molar-refractivity contribution >= 4 is 18.5 Å². The first-order valence-electron chi connectivity index (χ1n) is 5.94. The molecule has 2 nitrogen and oxygen atoms in total. The van der Waals surface area contributed by atoms with Crippen LogP contribution in [0.5, 0.6) is 0 Å². The second kappa shape index (κ2) is 6.03. The van der Waals surface area contributed by atoms with Gasteiger partial charge in [0.1, 0.15) is 0 Å². The molecule has 1 atom stereocenters. The van der Waals surface area contributed by atoms with Gasteiger partial charge in [-0.3, -0.25) is 4.99 Å². The van der Waals surface area contributed by atoms with E-state index in [1.807, 2.05) is 0 Å². The zero-order chi connectivity index (χ0) is 12.1. The monoisotopic (exact) mass is 246 g/mol. The summed E-state index contributed by atoms with van der Waals surface area (Å²) in [4.78, 5) is 5.50. The van der Waals surface area contributed by atoms with Gasteiger partial charge >= 0.3 is 0 Å². The van der Waals surface area contributed by atoms with E-state index in [0.29, 0.717) is 11.8 Å². The zero-order valence-corrected chi connectivity index (χ0v) is 10.7. The van der Waals surface area contributed by atoms with Gasteiger partial charge in [-0.2, -0.15) is 0 Å². The highest BCUT2D eigenvalue weighted by atomic mass is 32.2. The molecule has 1 aliphatic rings. The van der Waals surface area contributed by atoms with Crippen molar-refractivity contribution in [3.63, 3.8) is 0 Å². The van der Waals surface area contributed by atoms with Crippen LogP contribution < -0.4 is 5.73 Å². The van der Waals surface area contributed by atoms with Gasteiger partial charge in [-0.05, 0) is 31.5 Å². The maximum absolute atomic E-state index is 5.68. The van der Waals surface area contributed by atoms with E-state index in [1.54, 1.807) is 11.8 Å². The standard InChI is InChI=1S/C14H18N2S/c1-16-13-9-5-8-12(14(13)17-10-15)11-6-3-2-4-7-11/h2-4,6-7,12H,1,5,8-10,15H2. The van der Waals surface area contributed by atoms with E-state index in [9.17, 15) is 0 Å². The Morgan fingerprint density at radius 3 is 2.76 bits per heavy atom. The average molecular weight is 246 g/mol.